The molecule has 0 bridgehead atoms. The van der Waals surface area contributed by atoms with Crippen LogP contribution in [0.4, 0.5) is 17.5 Å². The van der Waals surface area contributed by atoms with Crippen LogP contribution in [0.2, 0.25) is 0 Å². The Hall–Kier alpha value is -3.73. The van der Waals surface area contributed by atoms with E-state index < -0.39 is 15.9 Å². The van der Waals surface area contributed by atoms with Crippen LogP contribution in [0.5, 0.6) is 0 Å². The number of hydrogen-bond acceptors (Lipinski definition) is 9. The molecule has 1 aliphatic rings. The summed E-state index contributed by atoms with van der Waals surface area (Å²) in [4.78, 5) is 28.9. The van der Waals surface area contributed by atoms with E-state index in [9.17, 15) is 13.2 Å². The number of carbonyl (C=O) groups excluding carboxylic acids is 1. The zero-order valence-corrected chi connectivity index (χ0v) is 23.2. The molecule has 1 saturated heterocycles. The van der Waals surface area contributed by atoms with Crippen LogP contribution in [0.1, 0.15) is 51.4 Å². The highest BCUT2D eigenvalue weighted by atomic mass is 32.2. The van der Waals surface area contributed by atoms with Gasteiger partial charge in [0.15, 0.2) is 5.03 Å². The van der Waals surface area contributed by atoms with Crippen molar-refractivity contribution in [2.75, 3.05) is 29.0 Å². The van der Waals surface area contributed by atoms with Gasteiger partial charge in [-0.1, -0.05) is 32.9 Å². The van der Waals surface area contributed by atoms with Crippen molar-refractivity contribution < 1.29 is 13.2 Å². The molecular weight excluding hydrogens is 502 g/mol. The number of anilines is 3. The first-order valence-electron chi connectivity index (χ1n) is 12.7. The van der Waals surface area contributed by atoms with E-state index in [4.69, 9.17) is 15.7 Å². The van der Waals surface area contributed by atoms with E-state index >= 15 is 0 Å². The summed E-state index contributed by atoms with van der Waals surface area (Å²) in [5.41, 5.74) is 6.73. The molecular formula is C27H35N7O3S. The molecule has 1 atom stereocenters. The van der Waals surface area contributed by atoms with Crippen LogP contribution in [0.15, 0.2) is 53.6 Å². The third-order valence-corrected chi connectivity index (χ3v) is 8.25. The molecule has 0 aromatic carbocycles. The largest absolute Gasteiger partial charge is 0.384 e. The van der Waals surface area contributed by atoms with Crippen molar-refractivity contribution in [3.05, 3.63) is 54.1 Å². The molecule has 1 unspecified atom stereocenters. The number of hydrogen-bond donors (Lipinski definition) is 3. The highest BCUT2D eigenvalue weighted by Crippen LogP contribution is 2.39. The van der Waals surface area contributed by atoms with Crippen LogP contribution in [0, 0.1) is 11.8 Å². The number of nitrogens with zero attached hydrogens (tertiary/aromatic N) is 4. The second kappa shape index (κ2) is 10.6. The molecule has 4 N–H and O–H groups in total. The van der Waals surface area contributed by atoms with E-state index in [-0.39, 0.29) is 21.9 Å². The number of sulfonamides is 1. The van der Waals surface area contributed by atoms with Gasteiger partial charge >= 0.3 is 0 Å². The summed E-state index contributed by atoms with van der Waals surface area (Å²) >= 11 is 0. The fourth-order valence-corrected chi connectivity index (χ4v) is 5.32. The predicted molar refractivity (Wildman–Crippen MR) is 149 cm³/mol. The van der Waals surface area contributed by atoms with E-state index in [1.54, 1.807) is 12.1 Å². The fraction of sp³-hybridized carbons (Fsp3) is 0.407. The molecule has 0 saturated carbocycles. The number of nitrogen functional groups attached to an aromatic ring is 1. The van der Waals surface area contributed by atoms with Gasteiger partial charge < -0.3 is 16.0 Å². The Morgan fingerprint density at radius 1 is 1.08 bits per heavy atom. The number of pyridine rings is 3. The van der Waals surface area contributed by atoms with Crippen molar-refractivity contribution >= 4 is 33.4 Å². The highest BCUT2D eigenvalue weighted by Gasteiger charge is 2.41. The summed E-state index contributed by atoms with van der Waals surface area (Å²) in [5, 5.41) is 2.99. The minimum atomic E-state index is -4.25. The number of nitrogens with two attached hydrogens (primary N) is 1. The number of nitrogens with one attached hydrogen (secondary N) is 2. The molecule has 202 valence electrons. The zero-order chi connectivity index (χ0) is 27.7. The standard InChI is InChI=1S/C27H35N7O3S/c1-17(2)16-29-23-10-6-8-20(30-23)21-13-12-19(25(31-21)34-15-14-18(3)27(34,4)5)26(35)33-38(36,37)24-11-7-9-22(28)32-24/h6-13,17-18H,14-16H2,1-5H3,(H2,28,32)(H,29,30)(H,33,35). The van der Waals surface area contributed by atoms with Crippen LogP contribution < -0.4 is 20.7 Å². The predicted octanol–water partition coefficient (Wildman–Crippen LogP) is 3.93. The molecule has 10 nitrogen and oxygen atoms in total. The van der Waals surface area contributed by atoms with Crippen LogP contribution >= 0.6 is 0 Å². The average molecular weight is 538 g/mol. The lowest BCUT2D eigenvalue weighted by atomic mass is 9.90. The fourth-order valence-electron chi connectivity index (χ4n) is 4.38. The third kappa shape index (κ3) is 5.72. The quantitative estimate of drug-likeness (QED) is 0.389. The Labute approximate surface area is 224 Å². The summed E-state index contributed by atoms with van der Waals surface area (Å²) < 4.78 is 28.0. The van der Waals surface area contributed by atoms with Crippen molar-refractivity contribution in [3.63, 3.8) is 0 Å². The lowest BCUT2D eigenvalue weighted by molar-refractivity contribution is 0.0981. The molecule has 0 radical (unpaired) electrons. The minimum Gasteiger partial charge on any atom is -0.384 e. The molecule has 4 heterocycles. The van der Waals surface area contributed by atoms with Crippen molar-refractivity contribution in [3.8, 4) is 11.4 Å². The van der Waals surface area contributed by atoms with Gasteiger partial charge in [-0.15, -0.1) is 0 Å². The number of carbonyl (C=O) groups is 1. The van der Waals surface area contributed by atoms with Gasteiger partial charge in [-0.25, -0.2) is 19.7 Å². The van der Waals surface area contributed by atoms with Crippen molar-refractivity contribution in [2.45, 2.75) is 51.6 Å². The molecule has 0 spiro atoms. The number of aromatic nitrogens is 3. The Bertz CT molecular complexity index is 1440. The van der Waals surface area contributed by atoms with Gasteiger partial charge in [0.05, 0.1) is 17.0 Å². The van der Waals surface area contributed by atoms with Crippen LogP contribution in [-0.2, 0) is 10.0 Å². The van der Waals surface area contributed by atoms with Gasteiger partial charge in [0, 0.05) is 18.6 Å². The topological polar surface area (TPSA) is 143 Å². The molecule has 1 fully saturated rings. The molecule has 38 heavy (non-hydrogen) atoms. The minimum absolute atomic E-state index is 0.0393. The van der Waals surface area contributed by atoms with Gasteiger partial charge in [0.25, 0.3) is 15.9 Å². The van der Waals surface area contributed by atoms with Gasteiger partial charge in [-0.05, 0) is 68.5 Å². The summed E-state index contributed by atoms with van der Waals surface area (Å²) in [6.07, 6.45) is 0.915. The molecule has 1 aliphatic heterocycles. The van der Waals surface area contributed by atoms with E-state index in [0.717, 1.165) is 18.8 Å². The van der Waals surface area contributed by atoms with Gasteiger partial charge in [-0.2, -0.15) is 8.42 Å². The van der Waals surface area contributed by atoms with Crippen LogP contribution in [-0.4, -0.2) is 47.9 Å². The Morgan fingerprint density at radius 2 is 1.79 bits per heavy atom. The zero-order valence-electron chi connectivity index (χ0n) is 22.4. The van der Waals surface area contributed by atoms with E-state index in [1.165, 1.54) is 18.2 Å². The van der Waals surface area contributed by atoms with Crippen molar-refractivity contribution in [1.29, 1.82) is 0 Å². The summed E-state index contributed by atoms with van der Waals surface area (Å²) in [5.74, 6) is 1.19. The summed E-state index contributed by atoms with van der Waals surface area (Å²) in [7, 11) is -4.25. The lowest BCUT2D eigenvalue weighted by Crippen LogP contribution is -2.43. The van der Waals surface area contributed by atoms with Gasteiger partial charge in [-0.3, -0.25) is 4.79 Å². The average Bonchev–Trinajstić information content (AvgIpc) is 3.14. The number of amides is 1. The maximum atomic E-state index is 13.4. The van der Waals surface area contributed by atoms with Crippen molar-refractivity contribution in [1.82, 2.24) is 19.7 Å². The molecule has 11 heteroatoms. The highest BCUT2D eigenvalue weighted by molar-refractivity contribution is 7.90. The third-order valence-electron chi connectivity index (χ3n) is 7.01. The first-order valence-corrected chi connectivity index (χ1v) is 14.2. The molecule has 4 rings (SSSR count). The van der Waals surface area contributed by atoms with Crippen LogP contribution in [0.3, 0.4) is 0 Å². The summed E-state index contributed by atoms with van der Waals surface area (Å²) in [6, 6.07) is 13.2. The van der Waals surface area contributed by atoms with E-state index in [2.05, 4.69) is 54.5 Å². The Morgan fingerprint density at radius 3 is 2.45 bits per heavy atom. The van der Waals surface area contributed by atoms with E-state index in [0.29, 0.717) is 35.6 Å². The van der Waals surface area contributed by atoms with Gasteiger partial charge in [0.2, 0.25) is 0 Å². The lowest BCUT2D eigenvalue weighted by Gasteiger charge is -2.36. The molecule has 0 aliphatic carbocycles. The Balaban J connectivity index is 1.74. The maximum Gasteiger partial charge on any atom is 0.281 e. The maximum absolute atomic E-state index is 13.4. The smallest absolute Gasteiger partial charge is 0.281 e. The monoisotopic (exact) mass is 537 g/mol. The molecule has 1 amide bonds. The normalized spacial score (nSPS) is 17.0. The first kappa shape index (κ1) is 27.3. The number of rotatable bonds is 8. The SMILES string of the molecule is CC(C)CNc1cccc(-c2ccc(C(=O)NS(=O)(=O)c3cccc(N)n3)c(N3CCC(C)C3(C)C)n2)n1. The molecule has 3 aromatic rings. The molecule has 3 aromatic heterocycles. The second-order valence-corrected chi connectivity index (χ2v) is 12.2. The van der Waals surface area contributed by atoms with E-state index in [1.807, 2.05) is 18.2 Å². The second-order valence-electron chi connectivity index (χ2n) is 10.6. The van der Waals surface area contributed by atoms with Crippen molar-refractivity contribution in [2.24, 2.45) is 11.8 Å². The van der Waals surface area contributed by atoms with Crippen LogP contribution in [0.25, 0.3) is 11.4 Å². The summed E-state index contributed by atoms with van der Waals surface area (Å²) in [6.45, 7) is 12.1. The van der Waals surface area contributed by atoms with Gasteiger partial charge in [0.1, 0.15) is 17.5 Å². The first-order chi connectivity index (χ1) is 17.9. The Kier molecular flexibility index (Phi) is 7.59.